The molecule has 1 atom stereocenters. The maximum Gasteiger partial charge on any atom is 0.122 e. The normalized spacial score (nSPS) is 20.8. The zero-order valence-corrected chi connectivity index (χ0v) is 12.0. The predicted octanol–water partition coefficient (Wildman–Crippen LogP) is 3.81. The summed E-state index contributed by atoms with van der Waals surface area (Å²) in [6, 6.07) is 7.16. The first-order valence-electron chi connectivity index (χ1n) is 6.94. The second-order valence-corrected chi connectivity index (χ2v) is 6.21. The quantitative estimate of drug-likeness (QED) is 0.858. The van der Waals surface area contributed by atoms with Crippen molar-refractivity contribution in [3.63, 3.8) is 0 Å². The summed E-state index contributed by atoms with van der Waals surface area (Å²) < 4.78 is 5.49. The molecule has 1 aromatic carbocycles. The SMILES string of the molecule is COc1ccc(C2CCCCN2)cc1C(C)(C)C. The van der Waals surface area contributed by atoms with Crippen molar-refractivity contribution in [2.75, 3.05) is 13.7 Å². The van der Waals surface area contributed by atoms with Gasteiger partial charge in [0.15, 0.2) is 0 Å². The third-order valence-electron chi connectivity index (χ3n) is 3.74. The third-order valence-corrected chi connectivity index (χ3v) is 3.74. The van der Waals surface area contributed by atoms with E-state index in [-0.39, 0.29) is 5.41 Å². The molecule has 0 amide bonds. The Bertz CT molecular complexity index is 400. The van der Waals surface area contributed by atoms with Crippen LogP contribution in [-0.4, -0.2) is 13.7 Å². The van der Waals surface area contributed by atoms with E-state index in [4.69, 9.17) is 4.74 Å². The number of ether oxygens (including phenoxy) is 1. The van der Waals surface area contributed by atoms with Crippen molar-refractivity contribution >= 4 is 0 Å². The fraction of sp³-hybridized carbons (Fsp3) is 0.625. The van der Waals surface area contributed by atoms with Gasteiger partial charge in [-0.3, -0.25) is 0 Å². The first-order valence-corrected chi connectivity index (χ1v) is 6.94. The van der Waals surface area contributed by atoms with Crippen LogP contribution in [0.5, 0.6) is 5.75 Å². The van der Waals surface area contributed by atoms with Crippen LogP contribution in [0.3, 0.4) is 0 Å². The van der Waals surface area contributed by atoms with Crippen molar-refractivity contribution in [2.24, 2.45) is 0 Å². The lowest BCUT2D eigenvalue weighted by Crippen LogP contribution is -2.27. The average Bonchev–Trinajstić information content (AvgIpc) is 2.38. The summed E-state index contributed by atoms with van der Waals surface area (Å²) in [5.41, 5.74) is 2.83. The highest BCUT2D eigenvalue weighted by Gasteiger charge is 2.22. The first-order chi connectivity index (χ1) is 8.52. The van der Waals surface area contributed by atoms with Crippen molar-refractivity contribution in [3.8, 4) is 5.75 Å². The van der Waals surface area contributed by atoms with E-state index in [1.54, 1.807) is 7.11 Å². The molecule has 0 saturated carbocycles. The Balaban J connectivity index is 2.33. The number of hydrogen-bond acceptors (Lipinski definition) is 2. The number of rotatable bonds is 2. The molecule has 1 unspecified atom stereocenters. The lowest BCUT2D eigenvalue weighted by Gasteiger charge is -2.27. The summed E-state index contributed by atoms with van der Waals surface area (Å²) in [4.78, 5) is 0. The van der Waals surface area contributed by atoms with E-state index in [0.717, 1.165) is 12.3 Å². The molecule has 1 N–H and O–H groups in total. The zero-order valence-electron chi connectivity index (χ0n) is 12.0. The highest BCUT2D eigenvalue weighted by Crippen LogP contribution is 2.34. The van der Waals surface area contributed by atoms with E-state index in [0.29, 0.717) is 6.04 Å². The lowest BCUT2D eigenvalue weighted by atomic mass is 9.84. The van der Waals surface area contributed by atoms with Crippen LogP contribution >= 0.6 is 0 Å². The van der Waals surface area contributed by atoms with E-state index in [2.05, 4.69) is 44.3 Å². The molecular weight excluding hydrogens is 222 g/mol. The van der Waals surface area contributed by atoms with Gasteiger partial charge in [0.2, 0.25) is 0 Å². The maximum absolute atomic E-state index is 5.49. The Morgan fingerprint density at radius 3 is 2.56 bits per heavy atom. The number of benzene rings is 1. The molecule has 0 radical (unpaired) electrons. The fourth-order valence-corrected chi connectivity index (χ4v) is 2.66. The molecule has 0 bridgehead atoms. The molecule has 0 aliphatic carbocycles. The van der Waals surface area contributed by atoms with Crippen molar-refractivity contribution in [1.82, 2.24) is 5.32 Å². The van der Waals surface area contributed by atoms with Gasteiger partial charge in [-0.25, -0.2) is 0 Å². The Morgan fingerprint density at radius 2 is 2.00 bits per heavy atom. The Morgan fingerprint density at radius 1 is 1.22 bits per heavy atom. The van der Waals surface area contributed by atoms with Crippen LogP contribution in [0.15, 0.2) is 18.2 Å². The van der Waals surface area contributed by atoms with Crippen LogP contribution in [0, 0.1) is 0 Å². The van der Waals surface area contributed by atoms with Crippen molar-refractivity contribution < 1.29 is 4.74 Å². The largest absolute Gasteiger partial charge is 0.496 e. The van der Waals surface area contributed by atoms with Crippen LogP contribution < -0.4 is 10.1 Å². The Kier molecular flexibility index (Phi) is 3.96. The van der Waals surface area contributed by atoms with Crippen molar-refractivity contribution in [3.05, 3.63) is 29.3 Å². The van der Waals surface area contributed by atoms with Crippen LogP contribution in [0.4, 0.5) is 0 Å². The molecule has 2 rings (SSSR count). The average molecular weight is 247 g/mol. The van der Waals surface area contributed by atoms with Gasteiger partial charge in [-0.15, -0.1) is 0 Å². The van der Waals surface area contributed by atoms with Gasteiger partial charge in [-0.1, -0.05) is 39.3 Å². The molecular formula is C16H25NO. The molecule has 0 spiro atoms. The molecule has 1 aliphatic rings. The summed E-state index contributed by atoms with van der Waals surface area (Å²) in [6.45, 7) is 7.86. The highest BCUT2D eigenvalue weighted by atomic mass is 16.5. The van der Waals surface area contributed by atoms with Gasteiger partial charge in [0.25, 0.3) is 0 Å². The number of methoxy groups -OCH3 is 1. The molecule has 1 aliphatic heterocycles. The second-order valence-electron chi connectivity index (χ2n) is 6.21. The zero-order chi connectivity index (χ0) is 13.2. The van der Waals surface area contributed by atoms with Gasteiger partial charge in [0, 0.05) is 6.04 Å². The minimum Gasteiger partial charge on any atom is -0.496 e. The molecule has 1 heterocycles. The number of hydrogen-bond donors (Lipinski definition) is 1. The topological polar surface area (TPSA) is 21.3 Å². The molecule has 1 aromatic rings. The Labute approximate surface area is 111 Å². The van der Waals surface area contributed by atoms with Crippen molar-refractivity contribution in [2.45, 2.75) is 51.5 Å². The molecule has 2 nitrogen and oxygen atoms in total. The highest BCUT2D eigenvalue weighted by molar-refractivity contribution is 5.42. The summed E-state index contributed by atoms with van der Waals surface area (Å²) in [6.07, 6.45) is 3.88. The van der Waals surface area contributed by atoms with Gasteiger partial charge in [0.05, 0.1) is 7.11 Å². The fourth-order valence-electron chi connectivity index (χ4n) is 2.66. The molecule has 18 heavy (non-hydrogen) atoms. The lowest BCUT2D eigenvalue weighted by molar-refractivity contribution is 0.392. The van der Waals surface area contributed by atoms with Crippen LogP contribution in [0.1, 0.15) is 57.2 Å². The molecule has 100 valence electrons. The second kappa shape index (κ2) is 5.31. The van der Waals surface area contributed by atoms with Crippen LogP contribution in [-0.2, 0) is 5.41 Å². The maximum atomic E-state index is 5.49. The minimum atomic E-state index is 0.121. The van der Waals surface area contributed by atoms with Crippen LogP contribution in [0.2, 0.25) is 0 Å². The van der Waals surface area contributed by atoms with Gasteiger partial charge in [0.1, 0.15) is 5.75 Å². The smallest absolute Gasteiger partial charge is 0.122 e. The summed E-state index contributed by atoms with van der Waals surface area (Å²) in [5, 5.41) is 3.61. The number of piperidine rings is 1. The van der Waals surface area contributed by atoms with E-state index in [1.165, 1.54) is 30.4 Å². The van der Waals surface area contributed by atoms with Crippen LogP contribution in [0.25, 0.3) is 0 Å². The van der Waals surface area contributed by atoms with Gasteiger partial charge in [-0.2, -0.15) is 0 Å². The van der Waals surface area contributed by atoms with Crippen molar-refractivity contribution in [1.29, 1.82) is 0 Å². The molecule has 0 aromatic heterocycles. The minimum absolute atomic E-state index is 0.121. The van der Waals surface area contributed by atoms with E-state index >= 15 is 0 Å². The van der Waals surface area contributed by atoms with Gasteiger partial charge < -0.3 is 10.1 Å². The third kappa shape index (κ3) is 2.86. The van der Waals surface area contributed by atoms with E-state index < -0.39 is 0 Å². The Hall–Kier alpha value is -1.02. The van der Waals surface area contributed by atoms with Gasteiger partial charge >= 0.3 is 0 Å². The van der Waals surface area contributed by atoms with E-state index in [1.807, 2.05) is 0 Å². The summed E-state index contributed by atoms with van der Waals surface area (Å²) in [5.74, 6) is 1.00. The number of nitrogens with one attached hydrogen (secondary N) is 1. The van der Waals surface area contributed by atoms with E-state index in [9.17, 15) is 0 Å². The molecule has 1 saturated heterocycles. The van der Waals surface area contributed by atoms with Gasteiger partial charge in [-0.05, 0) is 42.0 Å². The first kappa shape index (κ1) is 13.4. The summed E-state index contributed by atoms with van der Waals surface area (Å²) in [7, 11) is 1.75. The summed E-state index contributed by atoms with van der Waals surface area (Å²) >= 11 is 0. The monoisotopic (exact) mass is 247 g/mol. The molecule has 1 fully saturated rings. The standard InChI is InChI=1S/C16H25NO/c1-16(2,3)13-11-12(8-9-15(13)18-4)14-7-5-6-10-17-14/h8-9,11,14,17H,5-7,10H2,1-4H3. The molecule has 2 heteroatoms. The predicted molar refractivity (Wildman–Crippen MR) is 76.3 cm³/mol.